The second kappa shape index (κ2) is 3.85. The van der Waals surface area contributed by atoms with E-state index in [0.29, 0.717) is 11.3 Å². The highest BCUT2D eigenvalue weighted by Crippen LogP contribution is 2.26. The van der Waals surface area contributed by atoms with E-state index in [9.17, 15) is 4.79 Å². The molecule has 0 saturated carbocycles. The number of hydrogen-bond acceptors (Lipinski definition) is 1. The predicted octanol–water partition coefficient (Wildman–Crippen LogP) is 3.00. The van der Waals surface area contributed by atoms with Crippen LogP contribution >= 0.6 is 0 Å². The van der Waals surface area contributed by atoms with Gasteiger partial charge in [-0.25, -0.2) is 4.79 Å². The first-order valence-corrected chi connectivity index (χ1v) is 5.08. The number of aryl methyl sites for hydroxylation is 2. The Labute approximate surface area is 93.7 Å². The first-order chi connectivity index (χ1) is 7.59. The normalized spacial score (nSPS) is 10.4. The number of carboxylic acid groups (broad SMARTS) is 1. The van der Waals surface area contributed by atoms with Crippen LogP contribution in [0.5, 0.6) is 0 Å². The van der Waals surface area contributed by atoms with Crippen LogP contribution in [0.15, 0.2) is 30.5 Å². The van der Waals surface area contributed by atoms with E-state index in [1.807, 2.05) is 32.0 Å². The molecule has 1 heterocycles. The van der Waals surface area contributed by atoms with E-state index in [0.717, 1.165) is 16.7 Å². The van der Waals surface area contributed by atoms with E-state index in [2.05, 4.69) is 4.98 Å². The van der Waals surface area contributed by atoms with Gasteiger partial charge >= 0.3 is 5.97 Å². The number of H-pyrrole nitrogens is 1. The van der Waals surface area contributed by atoms with Crippen molar-refractivity contribution in [2.75, 3.05) is 0 Å². The summed E-state index contributed by atoms with van der Waals surface area (Å²) in [4.78, 5) is 14.0. The third-order valence-electron chi connectivity index (χ3n) is 2.64. The van der Waals surface area contributed by atoms with Crippen molar-refractivity contribution in [2.24, 2.45) is 0 Å². The summed E-state index contributed by atoms with van der Waals surface area (Å²) in [5, 5.41) is 9.06. The van der Waals surface area contributed by atoms with E-state index in [4.69, 9.17) is 5.11 Å². The molecule has 1 aromatic carbocycles. The number of aromatic amines is 1. The molecule has 0 aliphatic carbocycles. The molecule has 1 aromatic heterocycles. The molecule has 0 atom stereocenters. The summed E-state index contributed by atoms with van der Waals surface area (Å²) < 4.78 is 0. The Morgan fingerprint density at radius 3 is 2.69 bits per heavy atom. The number of aromatic nitrogens is 1. The van der Waals surface area contributed by atoms with Crippen molar-refractivity contribution in [1.29, 1.82) is 0 Å². The molecule has 3 nitrogen and oxygen atoms in total. The Kier molecular flexibility index (Phi) is 2.52. The number of aromatic carboxylic acids is 1. The average Bonchev–Trinajstić information content (AvgIpc) is 2.70. The maximum Gasteiger partial charge on any atom is 0.337 e. The molecule has 82 valence electrons. The van der Waals surface area contributed by atoms with Gasteiger partial charge in [0.2, 0.25) is 0 Å². The highest BCUT2D eigenvalue weighted by Gasteiger charge is 2.14. The van der Waals surface area contributed by atoms with E-state index in [1.165, 1.54) is 0 Å². The summed E-state index contributed by atoms with van der Waals surface area (Å²) in [6.07, 6.45) is 1.65. The van der Waals surface area contributed by atoms with Gasteiger partial charge in [0, 0.05) is 11.8 Å². The van der Waals surface area contributed by atoms with Crippen LogP contribution < -0.4 is 0 Å². The molecular weight excluding hydrogens is 202 g/mol. The molecule has 0 unspecified atom stereocenters. The Balaban J connectivity index is 2.62. The zero-order valence-corrected chi connectivity index (χ0v) is 9.24. The summed E-state index contributed by atoms with van der Waals surface area (Å²) in [7, 11) is 0. The lowest BCUT2D eigenvalue weighted by atomic mass is 10.0. The van der Waals surface area contributed by atoms with Crippen LogP contribution in [0.1, 0.15) is 21.5 Å². The van der Waals surface area contributed by atoms with Crippen LogP contribution in [0.4, 0.5) is 0 Å². The number of carboxylic acids is 1. The lowest BCUT2D eigenvalue weighted by Gasteiger charge is -2.06. The third-order valence-corrected chi connectivity index (χ3v) is 2.64. The molecule has 0 fully saturated rings. The summed E-state index contributed by atoms with van der Waals surface area (Å²) in [6, 6.07) is 7.59. The van der Waals surface area contributed by atoms with Crippen molar-refractivity contribution in [1.82, 2.24) is 4.98 Å². The minimum absolute atomic E-state index is 0.314. The second-order valence-corrected chi connectivity index (χ2v) is 3.89. The van der Waals surface area contributed by atoms with E-state index in [-0.39, 0.29) is 0 Å². The van der Waals surface area contributed by atoms with E-state index < -0.39 is 5.97 Å². The number of carbonyl (C=O) groups is 1. The van der Waals surface area contributed by atoms with Crippen LogP contribution in [0, 0.1) is 13.8 Å². The fourth-order valence-electron chi connectivity index (χ4n) is 1.78. The molecule has 0 radical (unpaired) electrons. The summed E-state index contributed by atoms with van der Waals surface area (Å²) in [5.41, 5.74) is 4.12. The minimum atomic E-state index is -0.905. The summed E-state index contributed by atoms with van der Waals surface area (Å²) in [6.45, 7) is 3.97. The fourth-order valence-corrected chi connectivity index (χ4v) is 1.78. The van der Waals surface area contributed by atoms with Crippen molar-refractivity contribution in [3.05, 3.63) is 47.2 Å². The highest BCUT2D eigenvalue weighted by molar-refractivity contribution is 5.95. The smallest absolute Gasteiger partial charge is 0.337 e. The molecule has 16 heavy (non-hydrogen) atoms. The van der Waals surface area contributed by atoms with Crippen molar-refractivity contribution >= 4 is 5.97 Å². The standard InChI is InChI=1S/C13H13NO2/c1-8-3-4-9(2)11(7-8)12-10(13(15)16)5-6-14-12/h3-7,14H,1-2H3,(H,15,16). The monoisotopic (exact) mass is 215 g/mol. The highest BCUT2D eigenvalue weighted by atomic mass is 16.4. The van der Waals surface area contributed by atoms with Crippen LogP contribution in [0.3, 0.4) is 0 Å². The number of benzene rings is 1. The van der Waals surface area contributed by atoms with Crippen LogP contribution in [0.2, 0.25) is 0 Å². The fraction of sp³-hybridized carbons (Fsp3) is 0.154. The van der Waals surface area contributed by atoms with Gasteiger partial charge in [-0.2, -0.15) is 0 Å². The third kappa shape index (κ3) is 1.72. The molecule has 0 bridgehead atoms. The maximum atomic E-state index is 11.0. The van der Waals surface area contributed by atoms with Crippen LogP contribution in [-0.2, 0) is 0 Å². The lowest BCUT2D eigenvalue weighted by Crippen LogP contribution is -1.98. The first kappa shape index (κ1) is 10.5. The van der Waals surface area contributed by atoms with Gasteiger partial charge in [0.15, 0.2) is 0 Å². The molecule has 2 aromatic rings. The maximum absolute atomic E-state index is 11.0. The Morgan fingerprint density at radius 2 is 2.00 bits per heavy atom. The van der Waals surface area contributed by atoms with Gasteiger partial charge in [-0.1, -0.05) is 17.7 Å². The molecule has 2 N–H and O–H groups in total. The molecule has 0 aliphatic rings. The minimum Gasteiger partial charge on any atom is -0.478 e. The average molecular weight is 215 g/mol. The number of nitrogens with one attached hydrogen (secondary N) is 1. The van der Waals surface area contributed by atoms with Crippen molar-refractivity contribution < 1.29 is 9.90 Å². The molecule has 0 spiro atoms. The topological polar surface area (TPSA) is 53.1 Å². The van der Waals surface area contributed by atoms with Gasteiger partial charge in [0.25, 0.3) is 0 Å². The van der Waals surface area contributed by atoms with Gasteiger partial charge in [-0.3, -0.25) is 0 Å². The Morgan fingerprint density at radius 1 is 1.25 bits per heavy atom. The van der Waals surface area contributed by atoms with Crippen LogP contribution in [-0.4, -0.2) is 16.1 Å². The van der Waals surface area contributed by atoms with E-state index >= 15 is 0 Å². The SMILES string of the molecule is Cc1ccc(C)c(-c2[nH]ccc2C(=O)O)c1. The molecule has 0 saturated heterocycles. The number of rotatable bonds is 2. The Hall–Kier alpha value is -2.03. The van der Waals surface area contributed by atoms with Gasteiger partial charge in [0.1, 0.15) is 0 Å². The van der Waals surface area contributed by atoms with E-state index in [1.54, 1.807) is 12.3 Å². The Bertz CT molecular complexity index is 541. The largest absolute Gasteiger partial charge is 0.478 e. The van der Waals surface area contributed by atoms with Crippen molar-refractivity contribution in [3.63, 3.8) is 0 Å². The van der Waals surface area contributed by atoms with Crippen molar-refractivity contribution in [3.8, 4) is 11.3 Å². The quantitative estimate of drug-likeness (QED) is 0.809. The molecule has 2 rings (SSSR count). The predicted molar refractivity (Wildman–Crippen MR) is 62.7 cm³/mol. The van der Waals surface area contributed by atoms with Gasteiger partial charge in [0.05, 0.1) is 11.3 Å². The van der Waals surface area contributed by atoms with Gasteiger partial charge < -0.3 is 10.1 Å². The molecule has 0 amide bonds. The summed E-state index contributed by atoms with van der Waals surface area (Å²) >= 11 is 0. The van der Waals surface area contributed by atoms with Crippen molar-refractivity contribution in [2.45, 2.75) is 13.8 Å². The zero-order chi connectivity index (χ0) is 11.7. The second-order valence-electron chi connectivity index (χ2n) is 3.89. The molecule has 0 aliphatic heterocycles. The van der Waals surface area contributed by atoms with Crippen LogP contribution in [0.25, 0.3) is 11.3 Å². The van der Waals surface area contributed by atoms with Gasteiger partial charge in [-0.05, 0) is 31.5 Å². The zero-order valence-electron chi connectivity index (χ0n) is 9.24. The number of hydrogen-bond donors (Lipinski definition) is 2. The first-order valence-electron chi connectivity index (χ1n) is 5.08. The molecule has 3 heteroatoms. The lowest BCUT2D eigenvalue weighted by molar-refractivity contribution is 0.0698. The van der Waals surface area contributed by atoms with Gasteiger partial charge in [-0.15, -0.1) is 0 Å². The molecular formula is C13H13NO2. The summed E-state index contributed by atoms with van der Waals surface area (Å²) in [5.74, 6) is -0.905.